The maximum absolute atomic E-state index is 11.8. The minimum atomic E-state index is -2.82. The molecule has 6 heteroatoms. The van der Waals surface area contributed by atoms with Crippen molar-refractivity contribution in [3.63, 3.8) is 0 Å². The molecule has 0 saturated heterocycles. The molecule has 0 unspecified atom stereocenters. The highest BCUT2D eigenvalue weighted by Crippen LogP contribution is 2.18. The fourth-order valence-electron chi connectivity index (χ4n) is 0.583. The van der Waals surface area contributed by atoms with Crippen molar-refractivity contribution in [3.8, 4) is 0 Å². The molecule has 0 bridgehead atoms. The van der Waals surface area contributed by atoms with Gasteiger partial charge >= 0.3 is 12.4 Å². The Morgan fingerprint density at radius 2 is 2.42 bits per heavy atom. The topological polar surface area (TPSA) is 52.3 Å². The molecule has 0 aliphatic rings. The Kier molecular flexibility index (Phi) is 2.37. The third-order valence-corrected chi connectivity index (χ3v) is 1.10. The Morgan fingerprint density at radius 1 is 1.75 bits per heavy atom. The molecule has 0 amide bonds. The molecule has 0 N–H and O–H groups in total. The first kappa shape index (κ1) is 8.63. The molecular weight excluding hydrogens is 172 g/mol. The van der Waals surface area contributed by atoms with Crippen molar-refractivity contribution in [2.45, 2.75) is 6.43 Å². The zero-order valence-corrected chi connectivity index (χ0v) is 6.08. The van der Waals surface area contributed by atoms with Crippen molar-refractivity contribution in [1.82, 2.24) is 4.98 Å². The first-order valence-electron chi connectivity index (χ1n) is 2.97. The zero-order chi connectivity index (χ0) is 9.14. The molecule has 0 spiro atoms. The van der Waals surface area contributed by atoms with Gasteiger partial charge in [-0.3, -0.25) is 0 Å². The first-order chi connectivity index (χ1) is 5.65. The summed E-state index contributed by atoms with van der Waals surface area (Å²) in [4.78, 5) is 13.8. The molecule has 0 saturated carbocycles. The van der Waals surface area contributed by atoms with E-state index in [1.807, 2.05) is 0 Å². The van der Waals surface area contributed by atoms with Crippen molar-refractivity contribution in [1.29, 1.82) is 0 Å². The van der Waals surface area contributed by atoms with E-state index in [0.29, 0.717) is 0 Å². The van der Waals surface area contributed by atoms with Gasteiger partial charge in [0.25, 0.3) is 5.89 Å². The summed E-state index contributed by atoms with van der Waals surface area (Å²) in [5, 5.41) is 0. The van der Waals surface area contributed by atoms with E-state index in [1.165, 1.54) is 0 Å². The number of aromatic nitrogens is 1. The van der Waals surface area contributed by atoms with Crippen LogP contribution in [0.5, 0.6) is 0 Å². The van der Waals surface area contributed by atoms with Gasteiger partial charge < -0.3 is 9.15 Å². The predicted octanol–water partition coefficient (Wildman–Crippen LogP) is 1.40. The molecule has 0 aliphatic carbocycles. The number of methoxy groups -OCH3 is 1. The van der Waals surface area contributed by atoms with Crippen LogP contribution in [-0.2, 0) is 4.74 Å². The van der Waals surface area contributed by atoms with Gasteiger partial charge in [-0.15, -0.1) is 0 Å². The van der Waals surface area contributed by atoms with Crippen LogP contribution in [0.4, 0.5) is 8.78 Å². The van der Waals surface area contributed by atoms with Crippen molar-refractivity contribution >= 4 is 5.97 Å². The highest BCUT2D eigenvalue weighted by atomic mass is 19.3. The quantitative estimate of drug-likeness (QED) is 0.640. The molecule has 0 aliphatic heterocycles. The third kappa shape index (κ3) is 1.58. The molecule has 4 nitrogen and oxygen atoms in total. The summed E-state index contributed by atoms with van der Waals surface area (Å²) >= 11 is 0. The minimum Gasteiger partial charge on any atom is -0.463 e. The van der Waals surface area contributed by atoms with Gasteiger partial charge in [0.1, 0.15) is 0 Å². The summed E-state index contributed by atoms with van der Waals surface area (Å²) in [7, 11) is 1.12. The van der Waals surface area contributed by atoms with Gasteiger partial charge in [-0.25, -0.2) is 9.78 Å². The maximum atomic E-state index is 11.8. The molecule has 1 aromatic heterocycles. The molecule has 1 rings (SSSR count). The van der Waals surface area contributed by atoms with Crippen LogP contribution in [-0.4, -0.2) is 18.1 Å². The standard InChI is InChI=1S/C6H5F2NO3/c1-11-6(10)3-2-9-5(12-3)4(7)8/h2,4H,1H3. The molecule has 0 atom stereocenters. The second kappa shape index (κ2) is 3.29. The van der Waals surface area contributed by atoms with E-state index in [4.69, 9.17) is 0 Å². The Labute approximate surface area is 66.1 Å². The number of carbonyl (C=O) groups excluding carboxylic acids is 1. The third-order valence-electron chi connectivity index (χ3n) is 1.10. The van der Waals surface area contributed by atoms with E-state index in [1.54, 1.807) is 0 Å². The van der Waals surface area contributed by atoms with Gasteiger partial charge in [-0.2, -0.15) is 8.78 Å². The van der Waals surface area contributed by atoms with Gasteiger partial charge in [0, 0.05) is 0 Å². The van der Waals surface area contributed by atoms with Crippen LogP contribution in [0.2, 0.25) is 0 Å². The molecule has 12 heavy (non-hydrogen) atoms. The molecule has 1 aromatic rings. The smallest absolute Gasteiger partial charge is 0.375 e. The molecule has 1 heterocycles. The van der Waals surface area contributed by atoms with E-state index >= 15 is 0 Å². The highest BCUT2D eigenvalue weighted by molar-refractivity contribution is 5.85. The number of oxazole rings is 1. The molecule has 66 valence electrons. The Hall–Kier alpha value is -1.46. The molecule has 0 aromatic carbocycles. The Balaban J connectivity index is 2.84. The van der Waals surface area contributed by atoms with Crippen molar-refractivity contribution in [3.05, 3.63) is 17.8 Å². The number of hydrogen-bond acceptors (Lipinski definition) is 4. The summed E-state index contributed by atoms with van der Waals surface area (Å²) in [6.45, 7) is 0. The Morgan fingerprint density at radius 3 is 2.83 bits per heavy atom. The fraction of sp³-hybridized carbons (Fsp3) is 0.333. The summed E-state index contributed by atoms with van der Waals surface area (Å²) in [5.74, 6) is -1.93. The normalized spacial score (nSPS) is 10.3. The van der Waals surface area contributed by atoms with E-state index in [0.717, 1.165) is 13.3 Å². The van der Waals surface area contributed by atoms with Crippen LogP contribution in [0.1, 0.15) is 22.9 Å². The number of alkyl halides is 2. The average Bonchev–Trinajstić information content (AvgIpc) is 2.51. The van der Waals surface area contributed by atoms with Gasteiger partial charge in [0.15, 0.2) is 0 Å². The molecule has 0 fully saturated rings. The summed E-state index contributed by atoms with van der Waals surface area (Å²) in [6.07, 6.45) is -1.92. The van der Waals surface area contributed by atoms with Crippen LogP contribution in [0.3, 0.4) is 0 Å². The van der Waals surface area contributed by atoms with Crippen LogP contribution >= 0.6 is 0 Å². The van der Waals surface area contributed by atoms with E-state index < -0.39 is 18.3 Å². The van der Waals surface area contributed by atoms with Gasteiger partial charge in [0.2, 0.25) is 5.76 Å². The lowest BCUT2D eigenvalue weighted by atomic mass is 10.5. The lowest BCUT2D eigenvalue weighted by molar-refractivity contribution is 0.0548. The number of esters is 1. The molecular formula is C6H5F2NO3. The predicted molar refractivity (Wildman–Crippen MR) is 32.8 cm³/mol. The summed E-state index contributed by atoms with van der Waals surface area (Å²) in [5.41, 5.74) is 0. The van der Waals surface area contributed by atoms with Gasteiger partial charge in [-0.1, -0.05) is 0 Å². The van der Waals surface area contributed by atoms with Crippen LogP contribution < -0.4 is 0 Å². The number of nitrogens with zero attached hydrogens (tertiary/aromatic N) is 1. The number of ether oxygens (including phenoxy) is 1. The second-order valence-corrected chi connectivity index (χ2v) is 1.86. The molecule has 0 radical (unpaired) electrons. The zero-order valence-electron chi connectivity index (χ0n) is 6.08. The fourth-order valence-corrected chi connectivity index (χ4v) is 0.583. The van der Waals surface area contributed by atoms with Crippen molar-refractivity contribution in [2.24, 2.45) is 0 Å². The summed E-state index contributed by atoms with van der Waals surface area (Å²) in [6, 6.07) is 0. The van der Waals surface area contributed by atoms with Gasteiger partial charge in [-0.05, 0) is 0 Å². The van der Waals surface area contributed by atoms with Crippen molar-refractivity contribution in [2.75, 3.05) is 7.11 Å². The monoisotopic (exact) mass is 177 g/mol. The average molecular weight is 177 g/mol. The maximum Gasteiger partial charge on any atom is 0.375 e. The number of rotatable bonds is 2. The van der Waals surface area contributed by atoms with Crippen LogP contribution in [0, 0.1) is 0 Å². The SMILES string of the molecule is COC(=O)c1cnc(C(F)F)o1. The van der Waals surface area contributed by atoms with Crippen LogP contribution in [0.25, 0.3) is 0 Å². The van der Waals surface area contributed by atoms with E-state index in [-0.39, 0.29) is 5.76 Å². The van der Waals surface area contributed by atoms with Crippen molar-refractivity contribution < 1.29 is 22.7 Å². The number of carbonyl (C=O) groups is 1. The van der Waals surface area contributed by atoms with E-state index in [9.17, 15) is 13.6 Å². The largest absolute Gasteiger partial charge is 0.463 e. The lowest BCUT2D eigenvalue weighted by Gasteiger charge is -1.91. The minimum absolute atomic E-state index is 0.326. The van der Waals surface area contributed by atoms with Gasteiger partial charge in [0.05, 0.1) is 13.3 Å². The Bertz CT molecular complexity index is 284. The number of hydrogen-bond donors (Lipinski definition) is 0. The van der Waals surface area contributed by atoms with Crippen LogP contribution in [0.15, 0.2) is 10.6 Å². The highest BCUT2D eigenvalue weighted by Gasteiger charge is 2.18. The lowest BCUT2D eigenvalue weighted by Crippen LogP contribution is -1.98. The number of halogens is 2. The first-order valence-corrected chi connectivity index (χ1v) is 2.97. The second-order valence-electron chi connectivity index (χ2n) is 1.86. The van der Waals surface area contributed by atoms with E-state index in [2.05, 4.69) is 14.1 Å². The summed E-state index contributed by atoms with van der Waals surface area (Å²) < 4.78 is 32.3.